The highest BCUT2D eigenvalue weighted by Crippen LogP contribution is 2.27. The lowest BCUT2D eigenvalue weighted by Gasteiger charge is -2.09. The van der Waals surface area contributed by atoms with Gasteiger partial charge in [0.15, 0.2) is 9.84 Å². The number of sulfone groups is 1. The van der Waals surface area contributed by atoms with Gasteiger partial charge >= 0.3 is 0 Å². The molecule has 110 valence electrons. The second-order valence-corrected chi connectivity index (χ2v) is 7.34. The van der Waals surface area contributed by atoms with Gasteiger partial charge in [-0.3, -0.25) is 0 Å². The number of halogens is 1. The maximum Gasteiger partial charge on any atom is 0.182 e. The molecule has 0 saturated carbocycles. The molecule has 2 aromatic carbocycles. The van der Waals surface area contributed by atoms with Crippen LogP contribution < -0.4 is 5.73 Å². The molecule has 0 saturated heterocycles. The van der Waals surface area contributed by atoms with Gasteiger partial charge in [-0.1, -0.05) is 12.1 Å². The Balaban J connectivity index is 1.98. The number of hydrogen-bond acceptors (Lipinski definition) is 3. The number of nitrogens with two attached hydrogens (primary N) is 1. The highest BCUT2D eigenvalue weighted by molar-refractivity contribution is 7.90. The Morgan fingerprint density at radius 3 is 2.62 bits per heavy atom. The van der Waals surface area contributed by atoms with Crippen molar-refractivity contribution in [2.75, 3.05) is 5.73 Å². The van der Waals surface area contributed by atoms with Crippen molar-refractivity contribution in [2.45, 2.75) is 29.9 Å². The van der Waals surface area contributed by atoms with Gasteiger partial charge in [0.1, 0.15) is 5.82 Å². The summed E-state index contributed by atoms with van der Waals surface area (Å²) in [5.41, 5.74) is 8.19. The fourth-order valence-electron chi connectivity index (χ4n) is 2.74. The van der Waals surface area contributed by atoms with Crippen LogP contribution in [-0.4, -0.2) is 8.42 Å². The standard InChI is InChI=1S/C16H16FNO2S/c17-15-5-2-6-16(18)14(15)10-21(19,20)13-8-7-11-3-1-4-12(11)9-13/h2,5-9H,1,3-4,10,18H2. The molecule has 0 heterocycles. The van der Waals surface area contributed by atoms with E-state index in [1.165, 1.54) is 23.8 Å². The Hall–Kier alpha value is -1.88. The topological polar surface area (TPSA) is 60.2 Å². The summed E-state index contributed by atoms with van der Waals surface area (Å²) >= 11 is 0. The average Bonchev–Trinajstić information content (AvgIpc) is 2.90. The van der Waals surface area contributed by atoms with Crippen molar-refractivity contribution in [3.8, 4) is 0 Å². The van der Waals surface area contributed by atoms with E-state index < -0.39 is 21.4 Å². The zero-order valence-corrected chi connectivity index (χ0v) is 12.3. The van der Waals surface area contributed by atoms with Crippen molar-refractivity contribution >= 4 is 15.5 Å². The number of hydrogen-bond donors (Lipinski definition) is 1. The second-order valence-electron chi connectivity index (χ2n) is 5.35. The summed E-state index contributed by atoms with van der Waals surface area (Å²) in [6, 6.07) is 9.39. The first kappa shape index (κ1) is 14.1. The lowest BCUT2D eigenvalue weighted by atomic mass is 10.1. The van der Waals surface area contributed by atoms with E-state index in [9.17, 15) is 12.8 Å². The molecule has 0 aliphatic heterocycles. The van der Waals surface area contributed by atoms with E-state index in [1.807, 2.05) is 6.07 Å². The lowest BCUT2D eigenvalue weighted by molar-refractivity contribution is 0.587. The van der Waals surface area contributed by atoms with E-state index in [4.69, 9.17) is 5.73 Å². The zero-order chi connectivity index (χ0) is 15.0. The van der Waals surface area contributed by atoms with Crippen LogP contribution in [-0.2, 0) is 28.4 Å². The Bertz CT molecular complexity index is 780. The van der Waals surface area contributed by atoms with Gasteiger partial charge in [-0.2, -0.15) is 0 Å². The van der Waals surface area contributed by atoms with Crippen molar-refractivity contribution in [3.63, 3.8) is 0 Å². The van der Waals surface area contributed by atoms with Crippen LogP contribution in [0.1, 0.15) is 23.1 Å². The summed E-state index contributed by atoms with van der Waals surface area (Å²) in [5, 5.41) is 0. The molecular formula is C16H16FNO2S. The largest absolute Gasteiger partial charge is 0.398 e. The highest BCUT2D eigenvalue weighted by Gasteiger charge is 2.21. The third-order valence-electron chi connectivity index (χ3n) is 3.92. The van der Waals surface area contributed by atoms with Crippen molar-refractivity contribution in [3.05, 3.63) is 58.9 Å². The molecular weight excluding hydrogens is 289 g/mol. The first-order valence-electron chi connectivity index (χ1n) is 6.85. The molecule has 1 aliphatic carbocycles. The molecule has 5 heteroatoms. The molecule has 0 amide bonds. The van der Waals surface area contributed by atoms with Gasteiger partial charge in [-0.05, 0) is 54.7 Å². The summed E-state index contributed by atoms with van der Waals surface area (Å²) in [4.78, 5) is 0.241. The molecule has 0 aromatic heterocycles. The molecule has 21 heavy (non-hydrogen) atoms. The molecule has 0 unspecified atom stereocenters. The summed E-state index contributed by atoms with van der Waals surface area (Å²) < 4.78 is 38.7. The van der Waals surface area contributed by atoms with Gasteiger partial charge < -0.3 is 5.73 Å². The average molecular weight is 305 g/mol. The van der Waals surface area contributed by atoms with E-state index in [-0.39, 0.29) is 16.1 Å². The lowest BCUT2D eigenvalue weighted by Crippen LogP contribution is -2.09. The summed E-state index contributed by atoms with van der Waals surface area (Å²) in [5.74, 6) is -0.996. The smallest absolute Gasteiger partial charge is 0.182 e. The van der Waals surface area contributed by atoms with Crippen molar-refractivity contribution in [1.29, 1.82) is 0 Å². The molecule has 3 rings (SSSR count). The van der Waals surface area contributed by atoms with E-state index >= 15 is 0 Å². The van der Waals surface area contributed by atoms with E-state index in [2.05, 4.69) is 0 Å². The summed E-state index contributed by atoms with van der Waals surface area (Å²) in [7, 11) is -3.60. The molecule has 0 spiro atoms. The van der Waals surface area contributed by atoms with Crippen molar-refractivity contribution < 1.29 is 12.8 Å². The maximum atomic E-state index is 13.8. The SMILES string of the molecule is Nc1cccc(F)c1CS(=O)(=O)c1ccc2c(c1)CCC2. The van der Waals surface area contributed by atoms with E-state index in [0.717, 1.165) is 24.8 Å². The number of aryl methyl sites for hydroxylation is 2. The number of anilines is 1. The minimum Gasteiger partial charge on any atom is -0.398 e. The number of nitrogen functional groups attached to an aromatic ring is 1. The third kappa shape index (κ3) is 2.65. The highest BCUT2D eigenvalue weighted by atomic mass is 32.2. The minimum absolute atomic E-state index is 0.0398. The van der Waals surface area contributed by atoms with Crippen LogP contribution in [0, 0.1) is 5.82 Å². The van der Waals surface area contributed by atoms with Crippen molar-refractivity contribution in [2.24, 2.45) is 0 Å². The Labute approximate surface area is 123 Å². The summed E-state index contributed by atoms with van der Waals surface area (Å²) in [6.07, 6.45) is 2.95. The van der Waals surface area contributed by atoms with Crippen LogP contribution in [0.2, 0.25) is 0 Å². The fourth-order valence-corrected chi connectivity index (χ4v) is 4.19. The first-order chi connectivity index (χ1) is 9.97. The monoisotopic (exact) mass is 305 g/mol. The molecule has 0 radical (unpaired) electrons. The van der Waals surface area contributed by atoms with E-state index in [1.54, 1.807) is 12.1 Å². The molecule has 1 aliphatic rings. The van der Waals surface area contributed by atoms with Crippen LogP contribution in [0.4, 0.5) is 10.1 Å². The fraction of sp³-hybridized carbons (Fsp3) is 0.250. The normalized spacial score (nSPS) is 14.1. The molecule has 0 fully saturated rings. The second kappa shape index (κ2) is 5.15. The van der Waals surface area contributed by atoms with Crippen LogP contribution in [0.3, 0.4) is 0 Å². The van der Waals surface area contributed by atoms with Crippen LogP contribution in [0.25, 0.3) is 0 Å². The molecule has 2 N–H and O–H groups in total. The Morgan fingerprint density at radius 2 is 1.86 bits per heavy atom. The number of benzene rings is 2. The van der Waals surface area contributed by atoms with Gasteiger partial charge in [0.05, 0.1) is 10.6 Å². The van der Waals surface area contributed by atoms with Gasteiger partial charge in [0, 0.05) is 11.3 Å². The summed E-state index contributed by atoms with van der Waals surface area (Å²) in [6.45, 7) is 0. The third-order valence-corrected chi connectivity index (χ3v) is 5.56. The van der Waals surface area contributed by atoms with Gasteiger partial charge in [0.25, 0.3) is 0 Å². The van der Waals surface area contributed by atoms with Crippen LogP contribution in [0.15, 0.2) is 41.3 Å². The minimum atomic E-state index is -3.60. The number of fused-ring (bicyclic) bond motifs is 1. The Morgan fingerprint density at radius 1 is 1.10 bits per heavy atom. The first-order valence-corrected chi connectivity index (χ1v) is 8.50. The predicted molar refractivity (Wildman–Crippen MR) is 80.2 cm³/mol. The molecule has 2 aromatic rings. The van der Waals surface area contributed by atoms with Gasteiger partial charge in [0.2, 0.25) is 0 Å². The van der Waals surface area contributed by atoms with E-state index in [0.29, 0.717) is 0 Å². The molecule has 3 nitrogen and oxygen atoms in total. The van der Waals surface area contributed by atoms with Crippen LogP contribution >= 0.6 is 0 Å². The van der Waals surface area contributed by atoms with Crippen LogP contribution in [0.5, 0.6) is 0 Å². The van der Waals surface area contributed by atoms with Gasteiger partial charge in [-0.25, -0.2) is 12.8 Å². The van der Waals surface area contributed by atoms with Crippen molar-refractivity contribution in [1.82, 2.24) is 0 Å². The molecule has 0 atom stereocenters. The molecule has 0 bridgehead atoms. The van der Waals surface area contributed by atoms with Gasteiger partial charge in [-0.15, -0.1) is 0 Å². The number of rotatable bonds is 3. The Kier molecular flexibility index (Phi) is 3.45. The maximum absolute atomic E-state index is 13.8. The predicted octanol–water partition coefficient (Wildman–Crippen LogP) is 2.87. The quantitative estimate of drug-likeness (QED) is 0.887. The zero-order valence-electron chi connectivity index (χ0n) is 11.5.